The van der Waals surface area contributed by atoms with Crippen LogP contribution >= 0.6 is 91.3 Å². The maximum atomic E-state index is 11.1. The van der Waals surface area contributed by atoms with Gasteiger partial charge in [-0.15, -0.1) is 0 Å². The van der Waals surface area contributed by atoms with E-state index in [4.69, 9.17) is 13.1 Å². The molecular weight excluding hydrogens is 641 g/mol. The van der Waals surface area contributed by atoms with Crippen LogP contribution in [0.4, 0.5) is 0 Å². The quantitative estimate of drug-likeness (QED) is 0.233. The van der Waals surface area contributed by atoms with Crippen LogP contribution in [0.3, 0.4) is 0 Å². The minimum Gasteiger partial charge on any atom is -0.460 e. The Hall–Kier alpha value is 2.59. The lowest BCUT2D eigenvalue weighted by atomic mass is 10.1. The first-order valence-electron chi connectivity index (χ1n) is 4.53. The maximum Gasteiger partial charge on any atom is 0.308 e. The van der Waals surface area contributed by atoms with Crippen LogP contribution in [0, 0.1) is 0 Å². The van der Waals surface area contributed by atoms with Crippen molar-refractivity contribution < 1.29 is 22.1 Å². The maximum absolute atomic E-state index is 11.1. The molecule has 2 unspecified atom stereocenters. The van der Waals surface area contributed by atoms with Crippen LogP contribution in [0.15, 0.2) is 0 Å². The minimum absolute atomic E-state index is 0.0500. The van der Waals surface area contributed by atoms with Crippen LogP contribution < -0.4 is 0 Å². The zero-order valence-corrected chi connectivity index (χ0v) is 18.1. The molecule has 0 amide bonds. The van der Waals surface area contributed by atoms with E-state index in [0.717, 1.165) is 0 Å². The lowest BCUT2D eigenvalue weighted by molar-refractivity contribution is -0.160. The molecule has 0 aliphatic carbocycles. The van der Waals surface area contributed by atoms with E-state index in [1.165, 1.54) is 27.6 Å². The monoisotopic (exact) mass is 652 g/mol. The Morgan fingerprint density at radius 3 is 2.50 bits per heavy atom. The van der Waals surface area contributed by atoms with Gasteiger partial charge in [0.15, 0.2) is 0 Å². The molecule has 1 rings (SSSR count). The predicted molar refractivity (Wildman–Crippen MR) is 102 cm³/mol. The van der Waals surface area contributed by atoms with Crippen LogP contribution in [0.2, 0.25) is 0 Å². The van der Waals surface area contributed by atoms with Crippen LogP contribution in [-0.4, -0.2) is 31.9 Å². The summed E-state index contributed by atoms with van der Waals surface area (Å²) in [6, 6.07) is 0. The van der Waals surface area contributed by atoms with Crippen molar-refractivity contribution in [2.45, 2.75) is 25.0 Å². The molecule has 11 heteroatoms. The molecule has 1 heterocycles. The average molecular weight is 652 g/mol. The van der Waals surface area contributed by atoms with Crippen molar-refractivity contribution in [3.8, 4) is 0 Å². The minimum atomic E-state index is -0.209. The predicted octanol–water partition coefficient (Wildman–Crippen LogP) is 4.72. The molecule has 5 nitrogen and oxygen atoms in total. The number of halogens is 3. The molecule has 0 spiro atoms. The molecular formula is C7H11I3O5S3. The van der Waals surface area contributed by atoms with Gasteiger partial charge in [0, 0.05) is 70.0 Å². The Morgan fingerprint density at radius 1 is 1.33 bits per heavy atom. The Balaban J connectivity index is 0.000000631. The van der Waals surface area contributed by atoms with Gasteiger partial charge in [0.25, 0.3) is 0 Å². The molecule has 0 N–H and O–H groups in total. The third-order valence-corrected chi connectivity index (χ3v) is 4.91. The molecule has 1 fully saturated rings. The number of hydrogen-bond acceptors (Lipinski definition) is 8. The second-order valence-corrected chi connectivity index (χ2v) is 7.29. The number of ether oxygens (including phenoxy) is 1. The van der Waals surface area contributed by atoms with E-state index in [-0.39, 0.29) is 18.2 Å². The SMILES string of the molecule is COSI.O=C1CC(OSI)CC(COSI)O1. The number of carbonyl (C=O) groups excluding carboxylic acids is 1. The van der Waals surface area contributed by atoms with Crippen molar-refractivity contribution in [2.75, 3.05) is 13.7 Å². The van der Waals surface area contributed by atoms with E-state index >= 15 is 0 Å². The van der Waals surface area contributed by atoms with E-state index in [1.807, 2.05) is 63.6 Å². The van der Waals surface area contributed by atoms with Gasteiger partial charge in [-0.2, -0.15) is 0 Å². The average Bonchev–Trinajstić information content (AvgIpc) is 2.36. The fourth-order valence-corrected chi connectivity index (χ4v) is 2.95. The van der Waals surface area contributed by atoms with E-state index < -0.39 is 0 Å². The summed E-state index contributed by atoms with van der Waals surface area (Å²) in [4.78, 5) is 11.1. The van der Waals surface area contributed by atoms with Crippen LogP contribution in [0.1, 0.15) is 12.8 Å². The topological polar surface area (TPSA) is 54.0 Å². The molecule has 108 valence electrons. The van der Waals surface area contributed by atoms with E-state index in [0.29, 0.717) is 19.4 Å². The summed E-state index contributed by atoms with van der Waals surface area (Å²) in [6.07, 6.45) is 0.820. The zero-order valence-electron chi connectivity index (χ0n) is 9.18. The van der Waals surface area contributed by atoms with Crippen molar-refractivity contribution in [1.82, 2.24) is 0 Å². The Bertz CT molecular complexity index is 225. The number of esters is 1. The van der Waals surface area contributed by atoms with Crippen molar-refractivity contribution in [3.63, 3.8) is 0 Å². The summed E-state index contributed by atoms with van der Waals surface area (Å²) in [5, 5.41) is 0. The summed E-state index contributed by atoms with van der Waals surface area (Å²) in [7, 11) is 5.46. The molecule has 0 radical (unpaired) electrons. The van der Waals surface area contributed by atoms with Crippen molar-refractivity contribution in [3.05, 3.63) is 0 Å². The van der Waals surface area contributed by atoms with Gasteiger partial charge in [0.05, 0.1) is 53.9 Å². The summed E-state index contributed by atoms with van der Waals surface area (Å²) in [5.74, 6) is -0.209. The van der Waals surface area contributed by atoms with Crippen LogP contribution in [-0.2, 0) is 22.1 Å². The number of hydrogen-bond donors (Lipinski definition) is 0. The highest BCUT2D eigenvalue weighted by Crippen LogP contribution is 2.26. The van der Waals surface area contributed by atoms with Gasteiger partial charge in [0.1, 0.15) is 6.10 Å². The van der Waals surface area contributed by atoms with E-state index in [2.05, 4.69) is 4.18 Å². The molecule has 0 aromatic heterocycles. The van der Waals surface area contributed by atoms with Gasteiger partial charge in [-0.1, -0.05) is 0 Å². The number of rotatable bonds is 6. The number of carbonyl (C=O) groups is 1. The van der Waals surface area contributed by atoms with Crippen LogP contribution in [0.25, 0.3) is 0 Å². The Labute approximate surface area is 156 Å². The highest BCUT2D eigenvalue weighted by atomic mass is 127. The summed E-state index contributed by atoms with van der Waals surface area (Å²) in [6.45, 7) is 0.422. The summed E-state index contributed by atoms with van der Waals surface area (Å²) >= 11 is 6.11. The first-order valence-corrected chi connectivity index (χ1v) is 14.4. The van der Waals surface area contributed by atoms with Gasteiger partial charge in [-0.3, -0.25) is 4.79 Å². The lowest BCUT2D eigenvalue weighted by Crippen LogP contribution is -2.35. The van der Waals surface area contributed by atoms with E-state index in [1.54, 1.807) is 7.11 Å². The number of cyclic esters (lactones) is 1. The van der Waals surface area contributed by atoms with Gasteiger partial charge >= 0.3 is 5.97 Å². The summed E-state index contributed by atoms with van der Waals surface area (Å²) < 4.78 is 19.9. The van der Waals surface area contributed by atoms with Gasteiger partial charge < -0.3 is 17.3 Å². The highest BCUT2D eigenvalue weighted by molar-refractivity contribution is 14.2. The molecule has 0 bridgehead atoms. The molecule has 2 atom stereocenters. The van der Waals surface area contributed by atoms with Gasteiger partial charge in [-0.25, -0.2) is 0 Å². The largest absolute Gasteiger partial charge is 0.460 e. The third-order valence-electron chi connectivity index (χ3n) is 1.75. The Morgan fingerprint density at radius 2 is 2.00 bits per heavy atom. The second-order valence-electron chi connectivity index (χ2n) is 2.91. The third kappa shape index (κ3) is 11.3. The zero-order chi connectivity index (χ0) is 13.8. The molecule has 0 aromatic rings. The van der Waals surface area contributed by atoms with Crippen molar-refractivity contribution in [1.29, 1.82) is 0 Å². The van der Waals surface area contributed by atoms with Crippen LogP contribution in [0.5, 0.6) is 0 Å². The van der Waals surface area contributed by atoms with Crippen molar-refractivity contribution in [2.24, 2.45) is 0 Å². The van der Waals surface area contributed by atoms with Crippen molar-refractivity contribution >= 4 is 97.2 Å². The molecule has 1 aliphatic heterocycles. The fourth-order valence-electron chi connectivity index (χ4n) is 1.17. The first kappa shape index (κ1) is 20.6. The standard InChI is InChI=1S/C6H8I2O4S2.CH3IOS/c7-13-10-3-5-1-4(12-14-8)2-6(9)11-5;1-3-4-2/h4-5H,1-3H2;1H3. The fraction of sp³-hybridized carbons (Fsp3) is 0.857. The van der Waals surface area contributed by atoms with Gasteiger partial charge in [0.2, 0.25) is 0 Å². The van der Waals surface area contributed by atoms with Gasteiger partial charge in [-0.05, 0) is 0 Å². The lowest BCUT2D eigenvalue weighted by Gasteiger charge is -2.26. The molecule has 0 aromatic carbocycles. The smallest absolute Gasteiger partial charge is 0.308 e. The highest BCUT2D eigenvalue weighted by Gasteiger charge is 2.29. The Kier molecular flexibility index (Phi) is 16.6. The first-order chi connectivity index (χ1) is 8.67. The summed E-state index contributed by atoms with van der Waals surface area (Å²) in [5.41, 5.74) is 0. The normalized spacial score (nSPS) is 23.0. The molecule has 1 saturated heterocycles. The molecule has 18 heavy (non-hydrogen) atoms. The molecule has 1 aliphatic rings. The second kappa shape index (κ2) is 14.5. The molecule has 0 saturated carbocycles. The van der Waals surface area contributed by atoms with E-state index in [9.17, 15) is 4.79 Å².